The molecule has 2 aromatic heterocycles. The van der Waals surface area contributed by atoms with Crippen molar-refractivity contribution in [2.24, 2.45) is 5.92 Å². The average molecular weight is 326 g/mol. The van der Waals surface area contributed by atoms with E-state index in [2.05, 4.69) is 18.3 Å². The third-order valence-electron chi connectivity index (χ3n) is 4.04. The minimum Gasteiger partial charge on any atom is -0.467 e. The van der Waals surface area contributed by atoms with E-state index in [1.807, 2.05) is 18.2 Å². The van der Waals surface area contributed by atoms with Crippen LogP contribution in [0.2, 0.25) is 4.34 Å². The molecule has 0 amide bonds. The summed E-state index contributed by atoms with van der Waals surface area (Å²) in [6, 6.07) is 8.00. The standard InChI is InChI=1S/C16H20ClNO2S/c1-2-12-11(7-9-20-12)10-18-16(13-4-3-8-19-13)14-5-6-15(17)21-14/h3-6,8,11-12,16,18H,2,7,9-10H2,1H3. The zero-order chi connectivity index (χ0) is 14.7. The van der Waals surface area contributed by atoms with Crippen molar-refractivity contribution in [3.63, 3.8) is 0 Å². The molecule has 0 aliphatic carbocycles. The Morgan fingerprint density at radius 1 is 1.43 bits per heavy atom. The van der Waals surface area contributed by atoms with Crippen molar-refractivity contribution >= 4 is 22.9 Å². The fraction of sp³-hybridized carbons (Fsp3) is 0.500. The first-order valence-corrected chi connectivity index (χ1v) is 8.61. The summed E-state index contributed by atoms with van der Waals surface area (Å²) in [6.07, 6.45) is 4.29. The third-order valence-corrected chi connectivity index (χ3v) is 5.34. The Morgan fingerprint density at radius 3 is 3.00 bits per heavy atom. The van der Waals surface area contributed by atoms with Crippen molar-refractivity contribution in [1.29, 1.82) is 0 Å². The lowest BCUT2D eigenvalue weighted by Gasteiger charge is -2.21. The van der Waals surface area contributed by atoms with Crippen LogP contribution in [0, 0.1) is 5.92 Å². The Bertz CT molecular complexity index is 554. The molecule has 1 saturated heterocycles. The topological polar surface area (TPSA) is 34.4 Å². The molecule has 21 heavy (non-hydrogen) atoms. The number of hydrogen-bond acceptors (Lipinski definition) is 4. The highest BCUT2D eigenvalue weighted by molar-refractivity contribution is 7.16. The van der Waals surface area contributed by atoms with Crippen LogP contribution in [0.15, 0.2) is 34.9 Å². The molecule has 5 heteroatoms. The second-order valence-electron chi connectivity index (χ2n) is 5.36. The van der Waals surface area contributed by atoms with E-state index >= 15 is 0 Å². The van der Waals surface area contributed by atoms with Gasteiger partial charge in [0.1, 0.15) is 11.8 Å². The summed E-state index contributed by atoms with van der Waals surface area (Å²) in [5.74, 6) is 1.50. The van der Waals surface area contributed by atoms with Crippen LogP contribution in [-0.2, 0) is 4.74 Å². The highest BCUT2D eigenvalue weighted by Gasteiger charge is 2.28. The summed E-state index contributed by atoms with van der Waals surface area (Å²) < 4.78 is 12.2. The van der Waals surface area contributed by atoms with Gasteiger partial charge in [-0.2, -0.15) is 0 Å². The molecule has 1 fully saturated rings. The number of hydrogen-bond donors (Lipinski definition) is 1. The van der Waals surface area contributed by atoms with Gasteiger partial charge in [0.25, 0.3) is 0 Å². The lowest BCUT2D eigenvalue weighted by molar-refractivity contribution is 0.0867. The van der Waals surface area contributed by atoms with Gasteiger partial charge < -0.3 is 14.5 Å². The van der Waals surface area contributed by atoms with Crippen LogP contribution in [0.5, 0.6) is 0 Å². The molecule has 0 saturated carbocycles. The van der Waals surface area contributed by atoms with E-state index < -0.39 is 0 Å². The number of furan rings is 1. The molecule has 3 unspecified atom stereocenters. The molecule has 0 radical (unpaired) electrons. The molecular formula is C16H20ClNO2S. The number of halogens is 1. The summed E-state index contributed by atoms with van der Waals surface area (Å²) in [7, 11) is 0. The first-order valence-electron chi connectivity index (χ1n) is 7.41. The van der Waals surface area contributed by atoms with Crippen molar-refractivity contribution in [2.45, 2.75) is 31.9 Å². The van der Waals surface area contributed by atoms with E-state index in [-0.39, 0.29) is 6.04 Å². The summed E-state index contributed by atoms with van der Waals surface area (Å²) >= 11 is 7.67. The minimum atomic E-state index is 0.0654. The molecule has 3 atom stereocenters. The predicted octanol–water partition coefficient (Wildman–Crippen LogP) is 4.49. The van der Waals surface area contributed by atoms with Crippen LogP contribution >= 0.6 is 22.9 Å². The maximum Gasteiger partial charge on any atom is 0.126 e. The summed E-state index contributed by atoms with van der Waals surface area (Å²) in [6.45, 7) is 3.99. The molecule has 3 rings (SSSR count). The monoisotopic (exact) mass is 325 g/mol. The Morgan fingerprint density at radius 2 is 2.33 bits per heavy atom. The molecule has 0 spiro atoms. The first kappa shape index (κ1) is 15.1. The SMILES string of the molecule is CCC1OCCC1CNC(c1ccco1)c1ccc(Cl)s1. The van der Waals surface area contributed by atoms with Crippen LogP contribution in [0.3, 0.4) is 0 Å². The normalized spacial score (nSPS) is 23.5. The van der Waals surface area contributed by atoms with Gasteiger partial charge in [0, 0.05) is 18.0 Å². The lowest BCUT2D eigenvalue weighted by Crippen LogP contribution is -2.31. The highest BCUT2D eigenvalue weighted by Crippen LogP contribution is 2.32. The molecule has 114 valence electrons. The molecule has 0 bridgehead atoms. The molecule has 0 aromatic carbocycles. The quantitative estimate of drug-likeness (QED) is 0.849. The third kappa shape index (κ3) is 3.51. The van der Waals surface area contributed by atoms with Crippen LogP contribution in [-0.4, -0.2) is 19.3 Å². The summed E-state index contributed by atoms with van der Waals surface area (Å²) in [5.41, 5.74) is 0. The molecule has 1 aliphatic heterocycles. The molecule has 1 N–H and O–H groups in total. The van der Waals surface area contributed by atoms with Crippen molar-refractivity contribution in [3.05, 3.63) is 45.5 Å². The van der Waals surface area contributed by atoms with Gasteiger partial charge >= 0.3 is 0 Å². The largest absolute Gasteiger partial charge is 0.467 e. The average Bonchev–Trinajstić information content (AvgIpc) is 3.21. The van der Waals surface area contributed by atoms with Gasteiger partial charge in [-0.15, -0.1) is 11.3 Å². The molecule has 3 nitrogen and oxygen atoms in total. The summed E-state index contributed by atoms with van der Waals surface area (Å²) in [4.78, 5) is 1.18. The van der Waals surface area contributed by atoms with Gasteiger partial charge in [-0.05, 0) is 43.0 Å². The maximum absolute atomic E-state index is 6.08. The molecule has 1 aliphatic rings. The maximum atomic E-state index is 6.08. The number of ether oxygens (including phenoxy) is 1. The minimum absolute atomic E-state index is 0.0654. The number of nitrogens with one attached hydrogen (secondary N) is 1. The number of rotatable bonds is 6. The van der Waals surface area contributed by atoms with Gasteiger partial charge in [0.05, 0.1) is 16.7 Å². The second kappa shape index (κ2) is 6.97. The van der Waals surface area contributed by atoms with Crippen molar-refractivity contribution in [1.82, 2.24) is 5.32 Å². The fourth-order valence-electron chi connectivity index (χ4n) is 2.93. The van der Waals surface area contributed by atoms with Crippen LogP contribution in [0.1, 0.15) is 36.4 Å². The van der Waals surface area contributed by atoms with Gasteiger partial charge in [-0.1, -0.05) is 18.5 Å². The Balaban J connectivity index is 1.71. The zero-order valence-corrected chi connectivity index (χ0v) is 13.6. The zero-order valence-electron chi connectivity index (χ0n) is 12.0. The van der Waals surface area contributed by atoms with E-state index in [4.69, 9.17) is 20.8 Å². The van der Waals surface area contributed by atoms with E-state index in [9.17, 15) is 0 Å². The van der Waals surface area contributed by atoms with Gasteiger partial charge in [0.15, 0.2) is 0 Å². The molecular weight excluding hydrogens is 306 g/mol. The Labute approximate surface area is 134 Å². The second-order valence-corrected chi connectivity index (χ2v) is 7.11. The Hall–Kier alpha value is -0.810. The van der Waals surface area contributed by atoms with Crippen LogP contribution < -0.4 is 5.32 Å². The molecule has 2 aromatic rings. The summed E-state index contributed by atoms with van der Waals surface area (Å²) in [5, 5.41) is 3.64. The van der Waals surface area contributed by atoms with E-state index in [1.165, 1.54) is 4.88 Å². The smallest absolute Gasteiger partial charge is 0.126 e. The highest BCUT2D eigenvalue weighted by atomic mass is 35.5. The number of thiophene rings is 1. The van der Waals surface area contributed by atoms with E-state index in [0.29, 0.717) is 12.0 Å². The van der Waals surface area contributed by atoms with Gasteiger partial charge in [0.2, 0.25) is 0 Å². The van der Waals surface area contributed by atoms with Crippen molar-refractivity contribution < 1.29 is 9.15 Å². The van der Waals surface area contributed by atoms with E-state index in [0.717, 1.165) is 36.1 Å². The first-order chi connectivity index (χ1) is 10.3. The van der Waals surface area contributed by atoms with Gasteiger partial charge in [-0.25, -0.2) is 0 Å². The predicted molar refractivity (Wildman–Crippen MR) is 86.0 cm³/mol. The lowest BCUT2D eigenvalue weighted by atomic mass is 9.99. The molecule has 3 heterocycles. The Kier molecular flexibility index (Phi) is 5.01. The van der Waals surface area contributed by atoms with Crippen molar-refractivity contribution in [3.8, 4) is 0 Å². The van der Waals surface area contributed by atoms with Crippen molar-refractivity contribution in [2.75, 3.05) is 13.2 Å². The van der Waals surface area contributed by atoms with Crippen LogP contribution in [0.25, 0.3) is 0 Å². The van der Waals surface area contributed by atoms with E-state index in [1.54, 1.807) is 17.6 Å². The fourth-order valence-corrected chi connectivity index (χ4v) is 4.07. The van der Waals surface area contributed by atoms with Crippen LogP contribution in [0.4, 0.5) is 0 Å². The van der Waals surface area contributed by atoms with Gasteiger partial charge in [-0.3, -0.25) is 0 Å².